The summed E-state index contributed by atoms with van der Waals surface area (Å²) in [6.07, 6.45) is 2.23. The number of thiophene rings is 1. The number of carbonyl (C=O) groups is 1. The first-order chi connectivity index (χ1) is 14.2. The second-order valence-corrected chi connectivity index (χ2v) is 9.43. The van der Waals surface area contributed by atoms with Crippen LogP contribution in [0, 0.1) is 0 Å². The van der Waals surface area contributed by atoms with E-state index in [4.69, 9.17) is 4.74 Å². The second-order valence-electron chi connectivity index (χ2n) is 6.20. The summed E-state index contributed by atoms with van der Waals surface area (Å²) in [5, 5.41) is 14.4. The fraction of sp³-hybridized carbons (Fsp3) is 0.350. The Morgan fingerprint density at radius 1 is 1.24 bits per heavy atom. The lowest BCUT2D eigenvalue weighted by molar-refractivity contribution is -0.116. The van der Waals surface area contributed by atoms with Gasteiger partial charge in [-0.25, -0.2) is 0 Å². The molecule has 0 saturated carbocycles. The van der Waals surface area contributed by atoms with Gasteiger partial charge in [-0.05, 0) is 42.1 Å². The summed E-state index contributed by atoms with van der Waals surface area (Å²) in [5.74, 6) is 1.11. The maximum atomic E-state index is 13.0. The highest BCUT2D eigenvalue weighted by Crippen LogP contribution is 2.28. The van der Waals surface area contributed by atoms with Gasteiger partial charge in [0.15, 0.2) is 4.34 Å². The quantitative estimate of drug-likeness (QED) is 0.323. The minimum absolute atomic E-state index is 0.0317. The lowest BCUT2D eigenvalue weighted by Gasteiger charge is -2.22. The van der Waals surface area contributed by atoms with Gasteiger partial charge in [0.25, 0.3) is 0 Å². The minimum Gasteiger partial charge on any atom is -0.497 e. The third-order valence-electron chi connectivity index (χ3n) is 4.11. The van der Waals surface area contributed by atoms with E-state index in [1.54, 1.807) is 23.3 Å². The third kappa shape index (κ3) is 6.45. The molecule has 1 N–H and O–H groups in total. The van der Waals surface area contributed by atoms with Crippen LogP contribution in [0.25, 0.3) is 0 Å². The van der Waals surface area contributed by atoms with Gasteiger partial charge >= 0.3 is 0 Å². The van der Waals surface area contributed by atoms with Crippen LogP contribution in [0.5, 0.6) is 5.75 Å². The number of hydrogen-bond donors (Lipinski definition) is 1. The van der Waals surface area contributed by atoms with Gasteiger partial charge in [0, 0.05) is 17.1 Å². The molecule has 0 aliphatic rings. The summed E-state index contributed by atoms with van der Waals surface area (Å²) in [7, 11) is 1.63. The molecule has 0 saturated heterocycles. The van der Waals surface area contributed by atoms with Crippen LogP contribution in [0.1, 0.15) is 24.6 Å². The van der Waals surface area contributed by atoms with Crippen LogP contribution < -0.4 is 15.0 Å². The first-order valence-electron chi connectivity index (χ1n) is 9.36. The maximum Gasteiger partial charge on any atom is 0.237 e. The van der Waals surface area contributed by atoms with Gasteiger partial charge in [-0.3, -0.25) is 4.79 Å². The van der Waals surface area contributed by atoms with Crippen molar-refractivity contribution in [3.8, 4) is 5.75 Å². The van der Waals surface area contributed by atoms with Crippen molar-refractivity contribution in [3.05, 3.63) is 46.7 Å². The van der Waals surface area contributed by atoms with E-state index in [1.807, 2.05) is 41.8 Å². The lowest BCUT2D eigenvalue weighted by atomic mass is 10.2. The van der Waals surface area contributed by atoms with E-state index in [0.29, 0.717) is 12.3 Å². The normalized spacial score (nSPS) is 10.7. The Kier molecular flexibility index (Phi) is 8.33. The number of aromatic nitrogens is 2. The molecule has 0 fully saturated rings. The van der Waals surface area contributed by atoms with E-state index >= 15 is 0 Å². The molecule has 0 spiro atoms. The van der Waals surface area contributed by atoms with Crippen LogP contribution in [-0.2, 0) is 11.3 Å². The molecule has 9 heteroatoms. The smallest absolute Gasteiger partial charge is 0.237 e. The Hall–Kier alpha value is -2.10. The van der Waals surface area contributed by atoms with Crippen LogP contribution in [0.4, 0.5) is 10.8 Å². The number of nitrogens with one attached hydrogen (secondary N) is 1. The highest BCUT2D eigenvalue weighted by molar-refractivity contribution is 8.01. The predicted molar refractivity (Wildman–Crippen MR) is 123 cm³/mol. The summed E-state index contributed by atoms with van der Waals surface area (Å²) < 4.78 is 6.03. The number of unbranched alkanes of at least 4 members (excludes halogenated alkanes) is 1. The van der Waals surface area contributed by atoms with Crippen molar-refractivity contribution in [2.45, 2.75) is 30.6 Å². The van der Waals surface area contributed by atoms with Crippen LogP contribution in [-0.4, -0.2) is 35.5 Å². The average Bonchev–Trinajstić information content (AvgIpc) is 3.43. The first-order valence-corrected chi connectivity index (χ1v) is 12.0. The van der Waals surface area contributed by atoms with E-state index in [9.17, 15) is 4.79 Å². The SMILES string of the molecule is CCCCNc1nnc(SCC(=O)N(Cc2cccs2)c2ccc(OC)cc2)s1. The zero-order chi connectivity index (χ0) is 20.5. The van der Waals surface area contributed by atoms with Gasteiger partial charge in [-0.2, -0.15) is 0 Å². The van der Waals surface area contributed by atoms with Crippen molar-refractivity contribution in [1.82, 2.24) is 10.2 Å². The number of benzene rings is 1. The molecule has 3 aromatic rings. The zero-order valence-electron chi connectivity index (χ0n) is 16.5. The zero-order valence-corrected chi connectivity index (χ0v) is 18.9. The monoisotopic (exact) mass is 448 g/mol. The molecule has 0 aliphatic heterocycles. The largest absolute Gasteiger partial charge is 0.497 e. The molecule has 29 heavy (non-hydrogen) atoms. The number of thioether (sulfide) groups is 1. The van der Waals surface area contributed by atoms with Crippen molar-refractivity contribution in [2.75, 3.05) is 29.6 Å². The fourth-order valence-corrected chi connectivity index (χ4v) is 4.90. The van der Waals surface area contributed by atoms with Gasteiger partial charge in [-0.15, -0.1) is 21.5 Å². The van der Waals surface area contributed by atoms with E-state index in [-0.39, 0.29) is 5.91 Å². The van der Waals surface area contributed by atoms with Gasteiger partial charge in [0.2, 0.25) is 11.0 Å². The van der Waals surface area contributed by atoms with Crippen LogP contribution in [0.2, 0.25) is 0 Å². The summed E-state index contributed by atoms with van der Waals surface area (Å²) in [6, 6.07) is 11.6. The predicted octanol–water partition coefficient (Wildman–Crippen LogP) is 5.15. The topological polar surface area (TPSA) is 67.4 Å². The molecule has 154 valence electrons. The van der Waals surface area contributed by atoms with Crippen molar-refractivity contribution >= 4 is 51.2 Å². The fourth-order valence-electron chi connectivity index (χ4n) is 2.56. The Morgan fingerprint density at radius 2 is 2.07 bits per heavy atom. The summed E-state index contributed by atoms with van der Waals surface area (Å²) >= 11 is 4.56. The molecule has 0 atom stereocenters. The van der Waals surface area contributed by atoms with Crippen molar-refractivity contribution in [3.63, 3.8) is 0 Å². The highest BCUT2D eigenvalue weighted by atomic mass is 32.2. The second kappa shape index (κ2) is 11.2. The number of ether oxygens (including phenoxy) is 1. The molecule has 6 nitrogen and oxygen atoms in total. The number of hydrogen-bond acceptors (Lipinski definition) is 8. The van der Waals surface area contributed by atoms with Crippen LogP contribution >= 0.6 is 34.4 Å². The van der Waals surface area contributed by atoms with Crippen LogP contribution in [0.3, 0.4) is 0 Å². The average molecular weight is 449 g/mol. The Labute approximate surface area is 183 Å². The molecule has 0 bridgehead atoms. The Morgan fingerprint density at radius 3 is 2.76 bits per heavy atom. The van der Waals surface area contributed by atoms with Gasteiger partial charge in [0.1, 0.15) is 5.75 Å². The van der Waals surface area contributed by atoms with Gasteiger partial charge in [0.05, 0.1) is 19.4 Å². The number of methoxy groups -OCH3 is 1. The number of anilines is 2. The maximum absolute atomic E-state index is 13.0. The molecule has 3 rings (SSSR count). The van der Waals surface area contributed by atoms with E-state index < -0.39 is 0 Å². The minimum atomic E-state index is 0.0317. The van der Waals surface area contributed by atoms with Crippen LogP contribution in [0.15, 0.2) is 46.1 Å². The summed E-state index contributed by atoms with van der Waals surface area (Å²) in [4.78, 5) is 16.0. The lowest BCUT2D eigenvalue weighted by Crippen LogP contribution is -2.31. The van der Waals surface area contributed by atoms with Gasteiger partial charge < -0.3 is 15.0 Å². The van der Waals surface area contributed by atoms with E-state index in [1.165, 1.54) is 23.1 Å². The standard InChI is InChI=1S/C20H24N4O2S3/c1-3-4-11-21-19-22-23-20(29-19)28-14-18(25)24(13-17-6-5-12-27-17)15-7-9-16(26-2)10-8-15/h5-10,12H,3-4,11,13-14H2,1-2H3,(H,21,22). The molecule has 1 aromatic carbocycles. The van der Waals surface area contributed by atoms with Crippen molar-refractivity contribution in [2.24, 2.45) is 0 Å². The number of carbonyl (C=O) groups excluding carboxylic acids is 1. The molecule has 2 aromatic heterocycles. The third-order valence-corrected chi connectivity index (χ3v) is 6.97. The molecule has 0 aliphatic carbocycles. The van der Waals surface area contributed by atoms with Crippen molar-refractivity contribution in [1.29, 1.82) is 0 Å². The van der Waals surface area contributed by atoms with E-state index in [0.717, 1.165) is 45.2 Å². The van der Waals surface area contributed by atoms with E-state index in [2.05, 4.69) is 22.4 Å². The highest BCUT2D eigenvalue weighted by Gasteiger charge is 2.18. The molecular formula is C20H24N4O2S3. The van der Waals surface area contributed by atoms with Gasteiger partial charge in [-0.1, -0.05) is 42.5 Å². The molecule has 2 heterocycles. The summed E-state index contributed by atoms with van der Waals surface area (Å²) in [6.45, 7) is 3.59. The number of amides is 1. The first kappa shape index (κ1) is 21.6. The Bertz CT molecular complexity index is 882. The molecule has 0 unspecified atom stereocenters. The van der Waals surface area contributed by atoms with Crippen molar-refractivity contribution < 1.29 is 9.53 Å². The number of rotatable bonds is 11. The number of nitrogens with zero attached hydrogens (tertiary/aromatic N) is 3. The molecule has 1 amide bonds. The Balaban J connectivity index is 1.64. The molecular weight excluding hydrogens is 424 g/mol. The summed E-state index contributed by atoms with van der Waals surface area (Å²) in [5.41, 5.74) is 0.851. The molecule has 0 radical (unpaired) electrons.